The van der Waals surface area contributed by atoms with E-state index in [1.807, 2.05) is 18.2 Å². The Morgan fingerprint density at radius 1 is 1.15 bits per heavy atom. The van der Waals surface area contributed by atoms with Crippen LogP contribution in [0.5, 0.6) is 0 Å². The standard InChI is InChI=1S/C18H24O2/c1-13(7-5-8-14(2)12-18(19)20)11-17-10-6-9-15(3)16(17)4/h5,7-8,11-12H,6,9-10H2,1-4H3,(H,19,20)/b8-5+,13-7-,14-12-,17-11+. The summed E-state index contributed by atoms with van der Waals surface area (Å²) in [6.07, 6.45) is 12.8. The third-order valence-electron chi connectivity index (χ3n) is 3.59. The van der Waals surface area contributed by atoms with E-state index in [-0.39, 0.29) is 0 Å². The third kappa shape index (κ3) is 5.43. The van der Waals surface area contributed by atoms with Crippen molar-refractivity contribution in [2.45, 2.75) is 47.0 Å². The zero-order valence-electron chi connectivity index (χ0n) is 12.9. The van der Waals surface area contributed by atoms with Gasteiger partial charge in [0.25, 0.3) is 0 Å². The summed E-state index contributed by atoms with van der Waals surface area (Å²) >= 11 is 0. The summed E-state index contributed by atoms with van der Waals surface area (Å²) in [5, 5.41) is 8.62. The molecule has 1 aliphatic carbocycles. The molecule has 1 aliphatic rings. The Morgan fingerprint density at radius 3 is 2.50 bits per heavy atom. The number of carbonyl (C=O) groups is 1. The normalized spacial score (nSPS) is 20.1. The van der Waals surface area contributed by atoms with Gasteiger partial charge in [-0.25, -0.2) is 4.79 Å². The molecule has 1 rings (SSSR count). The van der Waals surface area contributed by atoms with Gasteiger partial charge in [-0.2, -0.15) is 0 Å². The minimum absolute atomic E-state index is 0.735. The van der Waals surface area contributed by atoms with Crippen LogP contribution >= 0.6 is 0 Å². The lowest BCUT2D eigenvalue weighted by Gasteiger charge is -2.18. The van der Waals surface area contributed by atoms with Crippen molar-refractivity contribution in [1.29, 1.82) is 0 Å². The molecule has 20 heavy (non-hydrogen) atoms. The van der Waals surface area contributed by atoms with Crippen LogP contribution in [0.25, 0.3) is 0 Å². The van der Waals surface area contributed by atoms with Gasteiger partial charge in [0.05, 0.1) is 0 Å². The van der Waals surface area contributed by atoms with Crippen molar-refractivity contribution in [3.63, 3.8) is 0 Å². The first-order valence-electron chi connectivity index (χ1n) is 7.03. The van der Waals surface area contributed by atoms with Gasteiger partial charge in [-0.15, -0.1) is 0 Å². The van der Waals surface area contributed by atoms with E-state index in [4.69, 9.17) is 5.11 Å². The van der Waals surface area contributed by atoms with E-state index >= 15 is 0 Å². The minimum Gasteiger partial charge on any atom is -0.478 e. The molecule has 0 saturated carbocycles. The molecule has 2 nitrogen and oxygen atoms in total. The van der Waals surface area contributed by atoms with Crippen LogP contribution in [0, 0.1) is 0 Å². The molecular formula is C18H24O2. The predicted octanol–water partition coefficient (Wildman–Crippen LogP) is 4.97. The Labute approximate surface area is 121 Å². The van der Waals surface area contributed by atoms with Gasteiger partial charge in [-0.1, -0.05) is 35.5 Å². The highest BCUT2D eigenvalue weighted by Crippen LogP contribution is 2.29. The highest BCUT2D eigenvalue weighted by atomic mass is 16.4. The molecule has 0 saturated heterocycles. The topological polar surface area (TPSA) is 37.3 Å². The second-order valence-corrected chi connectivity index (χ2v) is 5.42. The van der Waals surface area contributed by atoms with Crippen LogP contribution in [-0.2, 0) is 4.79 Å². The second-order valence-electron chi connectivity index (χ2n) is 5.42. The number of carboxylic acids is 1. The van der Waals surface area contributed by atoms with Gasteiger partial charge >= 0.3 is 5.97 Å². The maximum absolute atomic E-state index is 10.5. The van der Waals surface area contributed by atoms with E-state index < -0.39 is 5.97 Å². The minimum atomic E-state index is -0.909. The fraction of sp³-hybridized carbons (Fsp3) is 0.389. The van der Waals surface area contributed by atoms with Gasteiger partial charge in [-0.3, -0.25) is 0 Å². The van der Waals surface area contributed by atoms with E-state index in [2.05, 4.69) is 26.8 Å². The van der Waals surface area contributed by atoms with E-state index in [9.17, 15) is 4.79 Å². The Balaban J connectivity index is 2.78. The first kappa shape index (κ1) is 16.2. The van der Waals surface area contributed by atoms with Crippen molar-refractivity contribution >= 4 is 5.97 Å². The maximum Gasteiger partial charge on any atom is 0.328 e. The summed E-state index contributed by atoms with van der Waals surface area (Å²) in [4.78, 5) is 10.5. The molecule has 0 atom stereocenters. The maximum atomic E-state index is 10.5. The first-order chi connectivity index (χ1) is 9.40. The Bertz CT molecular complexity index is 526. The van der Waals surface area contributed by atoms with Crippen LogP contribution in [0.4, 0.5) is 0 Å². The highest BCUT2D eigenvalue weighted by Gasteiger charge is 2.09. The molecule has 0 fully saturated rings. The highest BCUT2D eigenvalue weighted by molar-refractivity contribution is 5.81. The zero-order chi connectivity index (χ0) is 15.1. The molecule has 1 N–H and O–H groups in total. The monoisotopic (exact) mass is 272 g/mol. The summed E-state index contributed by atoms with van der Waals surface area (Å²) in [6, 6.07) is 0. The second kappa shape index (κ2) is 7.68. The predicted molar refractivity (Wildman–Crippen MR) is 84.6 cm³/mol. The Morgan fingerprint density at radius 2 is 1.85 bits per heavy atom. The smallest absolute Gasteiger partial charge is 0.328 e. The zero-order valence-corrected chi connectivity index (χ0v) is 12.9. The van der Waals surface area contributed by atoms with Crippen LogP contribution in [0.15, 0.2) is 58.2 Å². The van der Waals surface area contributed by atoms with E-state index in [1.165, 1.54) is 41.2 Å². The fourth-order valence-electron chi connectivity index (χ4n) is 2.29. The molecule has 0 radical (unpaired) electrons. The van der Waals surface area contributed by atoms with Crippen molar-refractivity contribution in [1.82, 2.24) is 0 Å². The van der Waals surface area contributed by atoms with E-state index in [0.717, 1.165) is 12.0 Å². The van der Waals surface area contributed by atoms with E-state index in [0.29, 0.717) is 0 Å². The lowest BCUT2D eigenvalue weighted by molar-refractivity contribution is -0.131. The molecule has 2 heteroatoms. The summed E-state index contributed by atoms with van der Waals surface area (Å²) in [6.45, 7) is 8.26. The number of rotatable bonds is 4. The van der Waals surface area contributed by atoms with Crippen LogP contribution < -0.4 is 0 Å². The van der Waals surface area contributed by atoms with Crippen molar-refractivity contribution < 1.29 is 9.90 Å². The third-order valence-corrected chi connectivity index (χ3v) is 3.59. The van der Waals surface area contributed by atoms with Gasteiger partial charge in [0, 0.05) is 6.08 Å². The van der Waals surface area contributed by atoms with E-state index in [1.54, 1.807) is 6.92 Å². The molecule has 0 unspecified atom stereocenters. The molecule has 108 valence electrons. The van der Waals surface area contributed by atoms with Crippen molar-refractivity contribution in [2.75, 3.05) is 0 Å². The largest absolute Gasteiger partial charge is 0.478 e. The van der Waals surface area contributed by atoms with Crippen LogP contribution in [0.1, 0.15) is 47.0 Å². The molecule has 0 heterocycles. The summed E-state index contributed by atoms with van der Waals surface area (Å²) in [5.41, 5.74) is 6.27. The SMILES string of the molecule is CC1=C(C)/C(=C/C(C)=C\C=C\C(C)=C/C(=O)O)CCC1. The number of aliphatic carboxylic acids is 1. The summed E-state index contributed by atoms with van der Waals surface area (Å²) < 4.78 is 0. The molecule has 0 aromatic rings. The lowest BCUT2D eigenvalue weighted by Crippen LogP contribution is -1.98. The summed E-state index contributed by atoms with van der Waals surface area (Å²) in [7, 11) is 0. The van der Waals surface area contributed by atoms with Gasteiger partial charge in [-0.05, 0) is 63.7 Å². The molecule has 0 spiro atoms. The summed E-state index contributed by atoms with van der Waals surface area (Å²) in [5.74, 6) is -0.909. The van der Waals surface area contributed by atoms with Gasteiger partial charge in [0.15, 0.2) is 0 Å². The van der Waals surface area contributed by atoms with Crippen LogP contribution in [0.3, 0.4) is 0 Å². The van der Waals surface area contributed by atoms with Crippen LogP contribution in [-0.4, -0.2) is 11.1 Å². The van der Waals surface area contributed by atoms with Gasteiger partial charge < -0.3 is 5.11 Å². The number of hydrogen-bond donors (Lipinski definition) is 1. The van der Waals surface area contributed by atoms with Gasteiger partial charge in [0.1, 0.15) is 0 Å². The average Bonchev–Trinajstić information content (AvgIpc) is 2.34. The number of hydrogen-bond acceptors (Lipinski definition) is 1. The first-order valence-corrected chi connectivity index (χ1v) is 7.03. The Hall–Kier alpha value is -1.83. The van der Waals surface area contributed by atoms with Crippen LogP contribution in [0.2, 0.25) is 0 Å². The molecule has 0 aromatic carbocycles. The molecule has 0 bridgehead atoms. The quantitative estimate of drug-likeness (QED) is 0.579. The Kier molecular flexibility index (Phi) is 6.23. The van der Waals surface area contributed by atoms with Crippen molar-refractivity contribution in [2.24, 2.45) is 0 Å². The molecular weight excluding hydrogens is 248 g/mol. The number of carboxylic acid groups (broad SMARTS) is 1. The molecule has 0 aromatic heterocycles. The fourth-order valence-corrected chi connectivity index (χ4v) is 2.29. The molecule has 0 amide bonds. The molecule has 0 aliphatic heterocycles. The van der Waals surface area contributed by atoms with Crippen molar-refractivity contribution in [3.8, 4) is 0 Å². The van der Waals surface area contributed by atoms with Crippen molar-refractivity contribution in [3.05, 3.63) is 58.2 Å². The van der Waals surface area contributed by atoms with Gasteiger partial charge in [0.2, 0.25) is 0 Å². The lowest BCUT2D eigenvalue weighted by atomic mass is 9.88. The average molecular weight is 272 g/mol. The number of allylic oxidation sites excluding steroid dienone is 9.